The number of hydrogen-bond donors (Lipinski definition) is 2. The van der Waals surface area contributed by atoms with Gasteiger partial charge in [-0.3, -0.25) is 4.90 Å². The van der Waals surface area contributed by atoms with Crippen molar-refractivity contribution in [2.75, 3.05) is 33.3 Å². The third-order valence-electron chi connectivity index (χ3n) is 4.17. The Labute approximate surface area is 109 Å². The summed E-state index contributed by atoms with van der Waals surface area (Å²) in [5, 5.41) is 11.9. The van der Waals surface area contributed by atoms with Crippen molar-refractivity contribution in [3.63, 3.8) is 0 Å². The maximum atomic E-state index is 11.8. The average Bonchev–Trinajstić information content (AvgIpc) is 2.98. The molecule has 1 unspecified atom stereocenters. The highest BCUT2D eigenvalue weighted by molar-refractivity contribution is 5.74. The van der Waals surface area contributed by atoms with E-state index < -0.39 is 0 Å². The van der Waals surface area contributed by atoms with Crippen molar-refractivity contribution in [1.82, 2.24) is 15.1 Å². The van der Waals surface area contributed by atoms with Crippen LogP contribution in [0.4, 0.5) is 4.79 Å². The topological polar surface area (TPSA) is 55.8 Å². The van der Waals surface area contributed by atoms with Crippen molar-refractivity contribution in [3.8, 4) is 0 Å². The number of rotatable bonds is 4. The zero-order valence-electron chi connectivity index (χ0n) is 11.3. The first kappa shape index (κ1) is 13.6. The van der Waals surface area contributed by atoms with E-state index in [1.54, 1.807) is 7.05 Å². The second-order valence-electron chi connectivity index (χ2n) is 5.51. The third kappa shape index (κ3) is 3.36. The lowest BCUT2D eigenvalue weighted by Crippen LogP contribution is -2.45. The number of carbonyl (C=O) groups excluding carboxylic acids is 1. The zero-order chi connectivity index (χ0) is 13.0. The maximum absolute atomic E-state index is 11.8. The molecule has 1 saturated carbocycles. The summed E-state index contributed by atoms with van der Waals surface area (Å²) in [6, 6.07) is 0.962. The van der Waals surface area contributed by atoms with Gasteiger partial charge in [-0.05, 0) is 19.3 Å². The van der Waals surface area contributed by atoms with E-state index in [9.17, 15) is 4.79 Å². The van der Waals surface area contributed by atoms with Crippen LogP contribution in [-0.2, 0) is 0 Å². The summed E-state index contributed by atoms with van der Waals surface area (Å²) in [6.45, 7) is 2.51. The van der Waals surface area contributed by atoms with E-state index in [2.05, 4.69) is 10.2 Å². The first-order valence-corrected chi connectivity index (χ1v) is 7.07. The molecule has 5 heteroatoms. The Morgan fingerprint density at radius 3 is 2.78 bits per heavy atom. The Morgan fingerprint density at radius 1 is 1.39 bits per heavy atom. The molecule has 2 rings (SSSR count). The number of carbonyl (C=O) groups is 1. The molecule has 1 aliphatic heterocycles. The molecular weight excluding hydrogens is 230 g/mol. The number of aliphatic hydroxyl groups excluding tert-OH is 1. The van der Waals surface area contributed by atoms with Gasteiger partial charge in [-0.25, -0.2) is 4.79 Å². The van der Waals surface area contributed by atoms with Gasteiger partial charge in [0.15, 0.2) is 0 Å². The number of nitrogens with one attached hydrogen (secondary N) is 1. The standard InChI is InChI=1S/C13H25N3O2/c1-15(8-9-17)13(18)14-11-6-7-16(10-11)12-4-2-3-5-12/h11-12,17H,2-10H2,1H3,(H,14,18). The third-order valence-corrected chi connectivity index (χ3v) is 4.17. The Kier molecular flexibility index (Phi) is 4.83. The van der Waals surface area contributed by atoms with Crippen LogP contribution >= 0.6 is 0 Å². The van der Waals surface area contributed by atoms with Gasteiger partial charge in [0.2, 0.25) is 0 Å². The lowest BCUT2D eigenvalue weighted by molar-refractivity contribution is 0.185. The Morgan fingerprint density at radius 2 is 2.11 bits per heavy atom. The predicted octanol–water partition coefficient (Wildman–Crippen LogP) is 0.637. The molecule has 0 aromatic heterocycles. The van der Waals surface area contributed by atoms with Gasteiger partial charge in [-0.2, -0.15) is 0 Å². The van der Waals surface area contributed by atoms with Crippen LogP contribution in [0, 0.1) is 0 Å². The van der Waals surface area contributed by atoms with Crippen LogP contribution in [0.1, 0.15) is 32.1 Å². The van der Waals surface area contributed by atoms with E-state index in [-0.39, 0.29) is 18.7 Å². The van der Waals surface area contributed by atoms with Gasteiger partial charge in [-0.1, -0.05) is 12.8 Å². The molecule has 0 bridgehead atoms. The van der Waals surface area contributed by atoms with Crippen molar-refractivity contribution < 1.29 is 9.90 Å². The molecule has 2 amide bonds. The molecule has 1 saturated heterocycles. The highest BCUT2D eigenvalue weighted by atomic mass is 16.3. The maximum Gasteiger partial charge on any atom is 0.317 e. The van der Waals surface area contributed by atoms with Crippen LogP contribution < -0.4 is 5.32 Å². The second kappa shape index (κ2) is 6.38. The highest BCUT2D eigenvalue weighted by Crippen LogP contribution is 2.26. The summed E-state index contributed by atoms with van der Waals surface area (Å²) in [5.41, 5.74) is 0. The zero-order valence-corrected chi connectivity index (χ0v) is 11.3. The smallest absolute Gasteiger partial charge is 0.317 e. The van der Waals surface area contributed by atoms with Crippen LogP contribution in [0.5, 0.6) is 0 Å². The highest BCUT2D eigenvalue weighted by Gasteiger charge is 2.30. The van der Waals surface area contributed by atoms with Crippen LogP contribution in [0.2, 0.25) is 0 Å². The molecule has 2 N–H and O–H groups in total. The van der Waals surface area contributed by atoms with Gasteiger partial charge in [0.1, 0.15) is 0 Å². The summed E-state index contributed by atoms with van der Waals surface area (Å²) < 4.78 is 0. The number of likely N-dealkylation sites (tertiary alicyclic amines) is 1. The molecule has 0 radical (unpaired) electrons. The molecule has 18 heavy (non-hydrogen) atoms. The molecule has 1 heterocycles. The molecule has 2 fully saturated rings. The number of hydrogen-bond acceptors (Lipinski definition) is 3. The van der Waals surface area contributed by atoms with E-state index in [0.29, 0.717) is 6.54 Å². The van der Waals surface area contributed by atoms with E-state index in [1.807, 2.05) is 0 Å². The van der Waals surface area contributed by atoms with Crippen molar-refractivity contribution >= 4 is 6.03 Å². The number of urea groups is 1. The minimum atomic E-state index is -0.0673. The number of nitrogens with zero attached hydrogens (tertiary/aromatic N) is 2. The minimum Gasteiger partial charge on any atom is -0.395 e. The summed E-state index contributed by atoms with van der Waals surface area (Å²) >= 11 is 0. The van der Waals surface area contributed by atoms with Gasteiger partial charge in [0, 0.05) is 38.8 Å². The first-order valence-electron chi connectivity index (χ1n) is 7.07. The quantitative estimate of drug-likeness (QED) is 0.775. The Hall–Kier alpha value is -0.810. The summed E-state index contributed by atoms with van der Waals surface area (Å²) in [5.74, 6) is 0. The van der Waals surface area contributed by atoms with E-state index in [4.69, 9.17) is 5.11 Å². The molecule has 0 aromatic rings. The van der Waals surface area contributed by atoms with Gasteiger partial charge in [0.25, 0.3) is 0 Å². The summed E-state index contributed by atoms with van der Waals surface area (Å²) in [7, 11) is 1.72. The lowest BCUT2D eigenvalue weighted by atomic mass is 10.2. The second-order valence-corrected chi connectivity index (χ2v) is 5.51. The van der Waals surface area contributed by atoms with Crippen molar-refractivity contribution in [2.24, 2.45) is 0 Å². The molecule has 5 nitrogen and oxygen atoms in total. The Bertz CT molecular complexity index is 279. The minimum absolute atomic E-state index is 0.0167. The van der Waals surface area contributed by atoms with Gasteiger partial charge >= 0.3 is 6.03 Å². The van der Waals surface area contributed by atoms with Crippen molar-refractivity contribution in [1.29, 1.82) is 0 Å². The van der Waals surface area contributed by atoms with Gasteiger partial charge in [-0.15, -0.1) is 0 Å². The summed E-state index contributed by atoms with van der Waals surface area (Å²) in [6.07, 6.45) is 6.42. The fraction of sp³-hybridized carbons (Fsp3) is 0.923. The van der Waals surface area contributed by atoms with E-state index >= 15 is 0 Å². The van der Waals surface area contributed by atoms with Crippen LogP contribution in [0.3, 0.4) is 0 Å². The van der Waals surface area contributed by atoms with E-state index in [0.717, 1.165) is 25.6 Å². The number of aliphatic hydroxyl groups is 1. The van der Waals surface area contributed by atoms with Crippen LogP contribution in [0.15, 0.2) is 0 Å². The normalized spacial score (nSPS) is 25.6. The van der Waals surface area contributed by atoms with Crippen LogP contribution in [-0.4, -0.2) is 66.3 Å². The molecule has 1 aliphatic carbocycles. The monoisotopic (exact) mass is 255 g/mol. The molecule has 104 valence electrons. The first-order chi connectivity index (χ1) is 8.70. The average molecular weight is 255 g/mol. The van der Waals surface area contributed by atoms with Gasteiger partial charge in [0.05, 0.1) is 6.61 Å². The predicted molar refractivity (Wildman–Crippen MR) is 70.5 cm³/mol. The van der Waals surface area contributed by atoms with Gasteiger partial charge < -0.3 is 15.3 Å². The fourth-order valence-corrected chi connectivity index (χ4v) is 3.04. The van der Waals surface area contributed by atoms with Crippen LogP contribution in [0.25, 0.3) is 0 Å². The SMILES string of the molecule is CN(CCO)C(=O)NC1CCN(C2CCCC2)C1. The van der Waals surface area contributed by atoms with Crippen molar-refractivity contribution in [3.05, 3.63) is 0 Å². The summed E-state index contributed by atoms with van der Waals surface area (Å²) in [4.78, 5) is 15.9. The lowest BCUT2D eigenvalue weighted by Gasteiger charge is -2.24. The number of likely N-dealkylation sites (N-methyl/N-ethyl adjacent to an activating group) is 1. The fourth-order valence-electron chi connectivity index (χ4n) is 3.04. The molecular formula is C13H25N3O2. The molecule has 0 spiro atoms. The molecule has 2 aliphatic rings. The largest absolute Gasteiger partial charge is 0.395 e. The molecule has 0 aromatic carbocycles. The molecule has 1 atom stereocenters. The number of amides is 2. The Balaban J connectivity index is 1.73. The van der Waals surface area contributed by atoms with E-state index in [1.165, 1.54) is 30.6 Å². The van der Waals surface area contributed by atoms with Crippen molar-refractivity contribution in [2.45, 2.75) is 44.2 Å².